The van der Waals surface area contributed by atoms with Gasteiger partial charge < -0.3 is 80.4 Å². The molecule has 0 saturated carbocycles. The number of nitrogens with one attached hydrogen (secondary N) is 7. The molecule has 35 nitrogen and oxygen atoms in total. The summed E-state index contributed by atoms with van der Waals surface area (Å²) in [6, 6.07) is 0. The molecule has 16 atom stereocenters. The van der Waals surface area contributed by atoms with E-state index in [0.717, 1.165) is 43.9 Å². The minimum absolute atomic E-state index is 0.158. The zero-order chi connectivity index (χ0) is 77.7. The van der Waals surface area contributed by atoms with Gasteiger partial charge in [-0.15, -0.1) is 52.7 Å². The molecule has 0 spiro atoms. The monoisotopic (exact) mass is 1560 g/mol. The van der Waals surface area contributed by atoms with Crippen molar-refractivity contribution in [2.75, 3.05) is 121 Å². The van der Waals surface area contributed by atoms with Crippen molar-refractivity contribution in [3.05, 3.63) is 72.5 Å². The van der Waals surface area contributed by atoms with E-state index in [9.17, 15) is 54.9 Å². The first-order valence-corrected chi connectivity index (χ1v) is 47.7. The van der Waals surface area contributed by atoms with Crippen LogP contribution >= 0.6 is 27.5 Å². The molecule has 8 aromatic rings. The van der Waals surface area contributed by atoms with E-state index >= 15 is 0 Å². The molecule has 12 rings (SSSR count). The van der Waals surface area contributed by atoms with Gasteiger partial charge in [0.15, 0.2) is 69.6 Å². The molecule has 0 bridgehead atoms. The summed E-state index contributed by atoms with van der Waals surface area (Å²) in [5.41, 5.74) is 0.655. The smallest absolute Gasteiger partial charge is 0.280 e. The van der Waals surface area contributed by atoms with Crippen LogP contribution in [0.1, 0.15) is 96.5 Å². The lowest BCUT2D eigenvalue weighted by Crippen LogP contribution is -2.33. The SMILES string of the molecule is C=P(C)(C)CC[C@H]1OC(n2cnc3c(=O)[nH]c(C)nc32)[C@H](OC)[C@@H]1O.C=P(C)(C)CC[C@H]1OC(n2cnc3c(=O)[nH]c(NCC)nc32)[C@H](O)[C@@H]1O.C=P(C)(C)CC[C@H]1OC(n2cnc3c(=O)[nH]c(NCCC)nc32)[C@H](O)[C@@H]1O.C=P(C)(C)CC[C@H]1OC(n2cnc3c(=O)[nH]c(NCCCC)nc32)[C@H](O)[C@@H]1O. The number of aliphatic hydroxyl groups excluding tert-OH is 7. The average Bonchev–Trinajstić information content (AvgIpc) is 1.63. The van der Waals surface area contributed by atoms with Crippen LogP contribution in [0, 0.1) is 6.92 Å². The zero-order valence-corrected chi connectivity index (χ0v) is 66.3. The molecule has 4 fully saturated rings. The molecule has 8 aromatic heterocycles. The second-order valence-electron chi connectivity index (χ2n) is 30.1. The Morgan fingerprint density at radius 3 is 1.06 bits per heavy atom. The van der Waals surface area contributed by atoms with Gasteiger partial charge in [0.05, 0.1) is 49.7 Å². The first-order valence-electron chi connectivity index (χ1n) is 35.5. The van der Waals surface area contributed by atoms with Crippen molar-refractivity contribution >= 4 is 115 Å². The van der Waals surface area contributed by atoms with E-state index in [1.807, 2.05) is 13.8 Å². The molecule has 588 valence electrons. The summed E-state index contributed by atoms with van der Waals surface area (Å²) in [4.78, 5) is 93.3. The van der Waals surface area contributed by atoms with Gasteiger partial charge in [-0.2, -0.15) is 15.0 Å². The number of ether oxygens (including phenoxy) is 5. The van der Waals surface area contributed by atoms with Crippen molar-refractivity contribution in [3.63, 3.8) is 0 Å². The topological polar surface area (TPSA) is 478 Å². The van der Waals surface area contributed by atoms with Crippen molar-refractivity contribution in [1.82, 2.24) is 78.1 Å². The van der Waals surface area contributed by atoms with Gasteiger partial charge in [-0.05, 0) is 130 Å². The van der Waals surface area contributed by atoms with Crippen LogP contribution < -0.4 is 38.2 Å². The van der Waals surface area contributed by atoms with Gasteiger partial charge >= 0.3 is 0 Å². The Morgan fingerprint density at radius 1 is 0.434 bits per heavy atom. The highest BCUT2D eigenvalue weighted by atomic mass is 31.2. The second-order valence-corrected chi connectivity index (χ2v) is 47.4. The lowest BCUT2D eigenvalue weighted by atomic mass is 10.1. The average molecular weight is 1560 g/mol. The first-order chi connectivity index (χ1) is 49.8. The molecule has 14 N–H and O–H groups in total. The van der Waals surface area contributed by atoms with Crippen LogP contribution in [-0.2, 0) is 23.7 Å². The number of fused-ring (bicyclic) bond motifs is 4. The maximum Gasteiger partial charge on any atom is 0.280 e. The molecule has 4 aliphatic heterocycles. The Kier molecular flexibility index (Phi) is 27.6. The van der Waals surface area contributed by atoms with E-state index in [4.69, 9.17) is 23.7 Å². The number of imidazole rings is 4. The molecule has 39 heteroatoms. The Hall–Kier alpha value is -6.48. The normalized spacial score (nSPS) is 26.3. The second kappa shape index (κ2) is 35.0. The van der Waals surface area contributed by atoms with Crippen LogP contribution in [0.2, 0.25) is 0 Å². The van der Waals surface area contributed by atoms with Crippen molar-refractivity contribution in [3.8, 4) is 0 Å². The van der Waals surface area contributed by atoms with Crippen LogP contribution in [0.25, 0.3) is 44.7 Å². The standard InChI is InChI=1S/C18H30N5O4P.C17H28N5O4P.C16H26N5O4P.C16H25N4O4P/c1-5-6-8-19-18-21-15-12(16(26)22-18)20-10-23(15)17-14(25)13(24)11(27-17)7-9-28(2,3)4;1-5-7-18-17-20-14-11(15(25)21-17)19-9-22(14)16-13(24)12(23)10(26-16)6-8-27(2,3)4;1-5-17-16-19-13-10(14(24)20-16)18-8-21(13)15-12(23)11(22)9(25-15)6-7-26(2,3)4;1-9-18-14-11(15(22)19-9)17-8-20(14)16-13(23-2)12(21)10(24-16)6-7-25(3,4)5/h10-11,13-14,17,24-25H,2,5-9H2,1,3-4H3,(H2,19,21,22,26);9-10,12-13,16,23-24H,2,5-8H2,1,3-4H3,(H2,18,20,21,25);8-9,11-12,15,22-23H,2,5-7H2,1,3-4H3,(H2,17,19,20,24);8,10,12-13,16,21H,3,6-7H2,1-2,4-5H3,(H,18,19,22)/t11-,13-,14-,17?;10-,12-,13-,16?;9-,11-,12-,15?;10-,12-,13-,16?/m1111/s1. The minimum Gasteiger partial charge on any atom is -0.388 e. The van der Waals surface area contributed by atoms with Crippen LogP contribution in [0.3, 0.4) is 0 Å². The minimum atomic E-state index is -1.27. The third-order valence-electron chi connectivity index (χ3n) is 18.3. The number of hydrogen-bond donors (Lipinski definition) is 14. The molecular formula is C67H109N19O16P4. The van der Waals surface area contributed by atoms with Gasteiger partial charge in [-0.1, -0.05) is 20.3 Å². The Balaban J connectivity index is 0.000000164. The van der Waals surface area contributed by atoms with Crippen LogP contribution in [-0.4, -0.2) is 317 Å². The van der Waals surface area contributed by atoms with E-state index in [1.54, 1.807) is 11.5 Å². The predicted octanol–water partition coefficient (Wildman–Crippen LogP) is 2.78. The zero-order valence-electron chi connectivity index (χ0n) is 62.7. The molecule has 0 radical (unpaired) electrons. The Morgan fingerprint density at radius 2 is 0.736 bits per heavy atom. The fourth-order valence-electron chi connectivity index (χ4n) is 12.5. The van der Waals surface area contributed by atoms with E-state index in [2.05, 4.69) is 161 Å². The van der Waals surface area contributed by atoms with Crippen molar-refractivity contribution in [2.45, 2.75) is 171 Å². The van der Waals surface area contributed by atoms with Gasteiger partial charge in [0.25, 0.3) is 22.2 Å². The number of rotatable bonds is 26. The molecular weight excluding hydrogens is 1450 g/mol. The third kappa shape index (κ3) is 20.3. The highest BCUT2D eigenvalue weighted by Gasteiger charge is 2.48. The van der Waals surface area contributed by atoms with Gasteiger partial charge in [0.1, 0.15) is 54.7 Å². The molecule has 0 aromatic carbocycles. The number of unbranched alkanes of at least 4 members (excludes halogenated alkanes) is 1. The number of hydrogen-bond acceptors (Lipinski definition) is 27. The van der Waals surface area contributed by atoms with Gasteiger partial charge in [0.2, 0.25) is 17.8 Å². The fourth-order valence-corrected chi connectivity index (χ4v) is 16.4. The van der Waals surface area contributed by atoms with Crippen molar-refractivity contribution in [2.24, 2.45) is 0 Å². The first kappa shape index (κ1) is 83.6. The summed E-state index contributed by atoms with van der Waals surface area (Å²) < 4.78 is 35.6. The highest BCUT2D eigenvalue weighted by molar-refractivity contribution is 7.73. The number of methoxy groups -OCH3 is 1. The molecule has 12 heterocycles. The number of aromatic nitrogens is 16. The van der Waals surface area contributed by atoms with E-state index in [-0.39, 0.29) is 50.4 Å². The van der Waals surface area contributed by atoms with E-state index < -0.39 is 120 Å². The van der Waals surface area contributed by atoms with Crippen LogP contribution in [0.4, 0.5) is 17.8 Å². The lowest BCUT2D eigenvalue weighted by Gasteiger charge is -2.20. The van der Waals surface area contributed by atoms with E-state index in [1.165, 1.54) is 46.1 Å². The quantitative estimate of drug-likeness (QED) is 0.0274. The van der Waals surface area contributed by atoms with Gasteiger partial charge in [-0.25, -0.2) is 24.9 Å². The molecule has 0 amide bonds. The summed E-state index contributed by atoms with van der Waals surface area (Å²) in [6.07, 6.45) is 18.6. The van der Waals surface area contributed by atoms with E-state index in [0.29, 0.717) is 91.6 Å². The highest BCUT2D eigenvalue weighted by Crippen LogP contribution is 2.44. The third-order valence-corrected chi connectivity index (χ3v) is 24.2. The number of anilines is 3. The van der Waals surface area contributed by atoms with Gasteiger partial charge in [-0.3, -0.25) is 52.4 Å². The molecule has 4 aliphatic rings. The Labute approximate surface area is 614 Å². The van der Waals surface area contributed by atoms with Crippen molar-refractivity contribution in [1.29, 1.82) is 0 Å². The molecule has 4 unspecified atom stereocenters. The number of nitrogens with zero attached hydrogens (tertiary/aromatic N) is 12. The van der Waals surface area contributed by atoms with Crippen molar-refractivity contribution < 1.29 is 59.4 Å². The van der Waals surface area contributed by atoms with Gasteiger partial charge in [0, 0.05) is 26.7 Å². The predicted molar refractivity (Wildman–Crippen MR) is 424 cm³/mol. The molecule has 4 saturated heterocycles. The number of aryl methyl sites for hydroxylation is 1. The fraction of sp³-hybridized carbons (Fsp3) is 0.642. The largest absolute Gasteiger partial charge is 0.388 e. The van der Waals surface area contributed by atoms with Crippen LogP contribution in [0.5, 0.6) is 0 Å². The summed E-state index contributed by atoms with van der Waals surface area (Å²) >= 11 is 0. The Bertz CT molecular complexity index is 4760. The maximum atomic E-state index is 12.3. The summed E-state index contributed by atoms with van der Waals surface area (Å²) in [6.45, 7) is 21.6. The number of H-pyrrole nitrogens is 4. The molecule has 0 aliphatic carbocycles. The maximum absolute atomic E-state index is 12.3. The molecule has 106 heavy (non-hydrogen) atoms. The lowest BCUT2D eigenvalue weighted by molar-refractivity contribution is -0.0496. The van der Waals surface area contributed by atoms with Crippen LogP contribution in [0.15, 0.2) is 44.5 Å². The summed E-state index contributed by atoms with van der Waals surface area (Å²) in [5, 5.41) is 82.4. The number of aliphatic hydroxyl groups is 7. The number of aromatic amines is 4. The summed E-state index contributed by atoms with van der Waals surface area (Å²) in [5.74, 6) is 1.50. The summed E-state index contributed by atoms with van der Waals surface area (Å²) in [7, 11) is 1.54.